The van der Waals surface area contributed by atoms with Gasteiger partial charge in [-0.2, -0.15) is 0 Å². The van der Waals surface area contributed by atoms with Crippen molar-refractivity contribution >= 4 is 0 Å². The fourth-order valence-electron chi connectivity index (χ4n) is 2.76. The Labute approximate surface area is 111 Å². The molecule has 1 aliphatic rings. The minimum Gasteiger partial charge on any atom is -0.326 e. The first-order valence-corrected chi connectivity index (χ1v) is 7.36. The van der Waals surface area contributed by atoms with E-state index in [1.807, 2.05) is 0 Å². The van der Waals surface area contributed by atoms with Crippen LogP contribution in [0.25, 0.3) is 0 Å². The maximum atomic E-state index is 6.13. The van der Waals surface area contributed by atoms with Crippen molar-refractivity contribution < 1.29 is 0 Å². The molecule has 1 aromatic rings. The van der Waals surface area contributed by atoms with Crippen LogP contribution < -0.4 is 11.1 Å². The lowest BCUT2D eigenvalue weighted by atomic mass is 9.91. The molecule has 100 valence electrons. The molecule has 0 saturated heterocycles. The Kier molecular flexibility index (Phi) is 5.21. The second-order valence-electron chi connectivity index (χ2n) is 5.43. The number of hydrogen-bond acceptors (Lipinski definition) is 2. The Balaban J connectivity index is 1.73. The van der Waals surface area contributed by atoms with Gasteiger partial charge in [-0.25, -0.2) is 0 Å². The second-order valence-corrected chi connectivity index (χ2v) is 5.43. The summed E-state index contributed by atoms with van der Waals surface area (Å²) in [6, 6.07) is 9.88. The van der Waals surface area contributed by atoms with Gasteiger partial charge in [-0.15, -0.1) is 0 Å². The Morgan fingerprint density at radius 3 is 2.44 bits per heavy atom. The average Bonchev–Trinajstić information content (AvgIpc) is 2.42. The van der Waals surface area contributed by atoms with E-state index in [0.717, 1.165) is 19.4 Å². The highest BCUT2D eigenvalue weighted by Crippen LogP contribution is 2.16. The number of hydrogen-bond donors (Lipinski definition) is 2. The molecule has 2 heteroatoms. The van der Waals surface area contributed by atoms with E-state index in [1.165, 1.54) is 36.8 Å². The summed E-state index contributed by atoms with van der Waals surface area (Å²) >= 11 is 0. The first-order chi connectivity index (χ1) is 8.79. The van der Waals surface area contributed by atoms with Gasteiger partial charge in [0.05, 0.1) is 0 Å². The molecule has 2 rings (SSSR count). The lowest BCUT2D eigenvalue weighted by Crippen LogP contribution is -2.47. The molecule has 0 aliphatic heterocycles. The average molecular weight is 246 g/mol. The van der Waals surface area contributed by atoms with Crippen LogP contribution in [0.3, 0.4) is 0 Å². The predicted molar refractivity (Wildman–Crippen MR) is 77.8 cm³/mol. The molecule has 0 spiro atoms. The molecular weight excluding hydrogens is 220 g/mol. The number of nitrogens with two attached hydrogens (primary N) is 1. The highest BCUT2D eigenvalue weighted by molar-refractivity contribution is 5.22. The van der Waals surface area contributed by atoms with Gasteiger partial charge in [0.15, 0.2) is 0 Å². The summed E-state index contributed by atoms with van der Waals surface area (Å²) in [6.45, 7) is 3.24. The number of rotatable bonds is 5. The standard InChI is InChI=1S/C16H26N2/c1-2-13-7-9-14(10-8-13)11-12-18-16-6-4-3-5-15(16)17/h7-10,15-16,18H,2-6,11-12,17H2,1H3. The molecule has 0 heterocycles. The van der Waals surface area contributed by atoms with E-state index < -0.39 is 0 Å². The number of nitrogens with one attached hydrogen (secondary N) is 1. The third-order valence-corrected chi connectivity index (χ3v) is 4.07. The normalized spacial score (nSPS) is 24.1. The zero-order valence-corrected chi connectivity index (χ0v) is 11.5. The molecule has 0 bridgehead atoms. The molecule has 2 nitrogen and oxygen atoms in total. The van der Waals surface area contributed by atoms with E-state index in [0.29, 0.717) is 12.1 Å². The first kappa shape index (κ1) is 13.6. The van der Waals surface area contributed by atoms with Crippen LogP contribution in [-0.4, -0.2) is 18.6 Å². The van der Waals surface area contributed by atoms with E-state index >= 15 is 0 Å². The summed E-state index contributed by atoms with van der Waals surface area (Å²) in [6.07, 6.45) is 7.29. The molecule has 0 amide bonds. The molecule has 2 atom stereocenters. The molecule has 2 unspecified atom stereocenters. The van der Waals surface area contributed by atoms with Crippen LogP contribution in [0.2, 0.25) is 0 Å². The lowest BCUT2D eigenvalue weighted by Gasteiger charge is -2.29. The third kappa shape index (κ3) is 3.82. The van der Waals surface area contributed by atoms with Crippen LogP contribution in [0, 0.1) is 0 Å². The van der Waals surface area contributed by atoms with Crippen molar-refractivity contribution in [2.75, 3.05) is 6.54 Å². The third-order valence-electron chi connectivity index (χ3n) is 4.07. The van der Waals surface area contributed by atoms with Crippen LogP contribution in [0.15, 0.2) is 24.3 Å². The Morgan fingerprint density at radius 2 is 1.78 bits per heavy atom. The van der Waals surface area contributed by atoms with Crippen molar-refractivity contribution in [3.8, 4) is 0 Å². The SMILES string of the molecule is CCc1ccc(CCNC2CCCCC2N)cc1. The molecule has 0 aromatic heterocycles. The van der Waals surface area contributed by atoms with Gasteiger partial charge in [0.25, 0.3) is 0 Å². The fraction of sp³-hybridized carbons (Fsp3) is 0.625. The van der Waals surface area contributed by atoms with E-state index in [2.05, 4.69) is 36.5 Å². The van der Waals surface area contributed by atoms with Crippen LogP contribution in [0.1, 0.15) is 43.7 Å². The highest BCUT2D eigenvalue weighted by Gasteiger charge is 2.20. The zero-order chi connectivity index (χ0) is 12.8. The molecule has 1 saturated carbocycles. The van der Waals surface area contributed by atoms with Gasteiger partial charge in [-0.3, -0.25) is 0 Å². The van der Waals surface area contributed by atoms with Crippen molar-refractivity contribution in [3.05, 3.63) is 35.4 Å². The lowest BCUT2D eigenvalue weighted by molar-refractivity contribution is 0.329. The number of aryl methyl sites for hydroxylation is 1. The minimum absolute atomic E-state index is 0.362. The predicted octanol–water partition coefficient (Wildman–Crippen LogP) is 2.65. The minimum atomic E-state index is 0.362. The van der Waals surface area contributed by atoms with Gasteiger partial charge < -0.3 is 11.1 Å². The van der Waals surface area contributed by atoms with Crippen molar-refractivity contribution in [1.29, 1.82) is 0 Å². The summed E-state index contributed by atoms with van der Waals surface area (Å²) in [5.74, 6) is 0. The van der Waals surface area contributed by atoms with Gasteiger partial charge in [0, 0.05) is 12.1 Å². The summed E-state index contributed by atoms with van der Waals surface area (Å²) in [7, 11) is 0. The van der Waals surface area contributed by atoms with E-state index in [4.69, 9.17) is 5.73 Å². The smallest absolute Gasteiger partial charge is 0.0219 e. The molecule has 1 fully saturated rings. The van der Waals surface area contributed by atoms with Crippen LogP contribution in [-0.2, 0) is 12.8 Å². The fourth-order valence-corrected chi connectivity index (χ4v) is 2.76. The summed E-state index contributed by atoms with van der Waals surface area (Å²) in [5, 5.41) is 3.62. The molecule has 1 aromatic carbocycles. The first-order valence-electron chi connectivity index (χ1n) is 7.36. The second kappa shape index (κ2) is 6.91. The highest BCUT2D eigenvalue weighted by atomic mass is 14.9. The van der Waals surface area contributed by atoms with Gasteiger partial charge >= 0.3 is 0 Å². The summed E-state index contributed by atoms with van der Waals surface area (Å²) < 4.78 is 0. The van der Waals surface area contributed by atoms with Crippen molar-refractivity contribution in [1.82, 2.24) is 5.32 Å². The van der Waals surface area contributed by atoms with E-state index in [1.54, 1.807) is 0 Å². The quantitative estimate of drug-likeness (QED) is 0.838. The monoisotopic (exact) mass is 246 g/mol. The molecule has 18 heavy (non-hydrogen) atoms. The molecule has 3 N–H and O–H groups in total. The Bertz CT molecular complexity index is 345. The Morgan fingerprint density at radius 1 is 1.11 bits per heavy atom. The topological polar surface area (TPSA) is 38.0 Å². The maximum Gasteiger partial charge on any atom is 0.0219 e. The Hall–Kier alpha value is -0.860. The maximum absolute atomic E-state index is 6.13. The van der Waals surface area contributed by atoms with Gasteiger partial charge in [-0.1, -0.05) is 44.0 Å². The van der Waals surface area contributed by atoms with Crippen LogP contribution >= 0.6 is 0 Å². The molecule has 0 radical (unpaired) electrons. The van der Waals surface area contributed by atoms with E-state index in [-0.39, 0.29) is 0 Å². The van der Waals surface area contributed by atoms with Crippen molar-refractivity contribution in [2.24, 2.45) is 5.73 Å². The van der Waals surface area contributed by atoms with Crippen LogP contribution in [0.4, 0.5) is 0 Å². The zero-order valence-electron chi connectivity index (χ0n) is 11.5. The van der Waals surface area contributed by atoms with Gasteiger partial charge in [0.1, 0.15) is 0 Å². The summed E-state index contributed by atoms with van der Waals surface area (Å²) in [5.41, 5.74) is 8.97. The molecule has 1 aliphatic carbocycles. The number of benzene rings is 1. The van der Waals surface area contributed by atoms with E-state index in [9.17, 15) is 0 Å². The summed E-state index contributed by atoms with van der Waals surface area (Å²) in [4.78, 5) is 0. The van der Waals surface area contributed by atoms with Gasteiger partial charge in [-0.05, 0) is 43.4 Å². The largest absolute Gasteiger partial charge is 0.326 e. The van der Waals surface area contributed by atoms with Gasteiger partial charge in [0.2, 0.25) is 0 Å². The van der Waals surface area contributed by atoms with Crippen LogP contribution in [0.5, 0.6) is 0 Å². The van der Waals surface area contributed by atoms with Crippen molar-refractivity contribution in [2.45, 2.75) is 57.5 Å². The van der Waals surface area contributed by atoms with Crippen molar-refractivity contribution in [3.63, 3.8) is 0 Å². The molecular formula is C16H26N2.